The third kappa shape index (κ3) is 2.92. The van der Waals surface area contributed by atoms with Crippen LogP contribution in [0.1, 0.15) is 26.7 Å². The molecule has 1 heterocycles. The Labute approximate surface area is 92.6 Å². The van der Waals surface area contributed by atoms with Crippen LogP contribution in [-0.4, -0.2) is 55.1 Å². The van der Waals surface area contributed by atoms with E-state index in [2.05, 4.69) is 24.1 Å². The predicted octanol–water partition coefficient (Wildman–Crippen LogP) is 0.494. The van der Waals surface area contributed by atoms with Crippen LogP contribution in [0.15, 0.2) is 0 Å². The Morgan fingerprint density at radius 1 is 1.33 bits per heavy atom. The summed E-state index contributed by atoms with van der Waals surface area (Å²) in [7, 11) is 4.07. The standard InChI is InChI=1S/C11H23N3O/c1-5-9-11(15)14(8-7-13(3)4)10(6-2)12-9/h9-10,12H,5-8H2,1-4H3. The van der Waals surface area contributed by atoms with Crippen molar-refractivity contribution in [3.05, 3.63) is 0 Å². The predicted molar refractivity (Wildman–Crippen MR) is 61.6 cm³/mol. The van der Waals surface area contributed by atoms with Crippen molar-refractivity contribution >= 4 is 5.91 Å². The minimum absolute atomic E-state index is 0.0390. The van der Waals surface area contributed by atoms with Gasteiger partial charge in [0.1, 0.15) is 0 Å². The van der Waals surface area contributed by atoms with E-state index in [4.69, 9.17) is 0 Å². The average molecular weight is 213 g/mol. The minimum Gasteiger partial charge on any atom is -0.325 e. The van der Waals surface area contributed by atoms with Crippen LogP contribution in [0.4, 0.5) is 0 Å². The summed E-state index contributed by atoms with van der Waals surface area (Å²) in [6, 6.07) is 0.0390. The highest BCUT2D eigenvalue weighted by molar-refractivity contribution is 5.84. The molecule has 0 saturated carbocycles. The highest BCUT2D eigenvalue weighted by Gasteiger charge is 2.36. The van der Waals surface area contributed by atoms with E-state index in [1.165, 1.54) is 0 Å². The molecule has 0 aromatic carbocycles. The van der Waals surface area contributed by atoms with Crippen molar-refractivity contribution in [3.8, 4) is 0 Å². The van der Waals surface area contributed by atoms with E-state index in [1.54, 1.807) is 0 Å². The monoisotopic (exact) mass is 213 g/mol. The van der Waals surface area contributed by atoms with Crippen molar-refractivity contribution < 1.29 is 4.79 Å². The van der Waals surface area contributed by atoms with Gasteiger partial charge in [0.15, 0.2) is 0 Å². The lowest BCUT2D eigenvalue weighted by molar-refractivity contribution is -0.130. The quantitative estimate of drug-likeness (QED) is 0.722. The van der Waals surface area contributed by atoms with Crippen LogP contribution >= 0.6 is 0 Å². The fourth-order valence-electron chi connectivity index (χ4n) is 1.95. The molecular formula is C11H23N3O. The minimum atomic E-state index is 0.0390. The molecule has 0 aromatic heterocycles. The molecule has 4 nitrogen and oxygen atoms in total. The first-order chi connectivity index (χ1) is 7.10. The van der Waals surface area contributed by atoms with E-state index in [-0.39, 0.29) is 18.1 Å². The number of rotatable bonds is 5. The molecule has 88 valence electrons. The zero-order valence-corrected chi connectivity index (χ0v) is 10.3. The van der Waals surface area contributed by atoms with E-state index in [1.807, 2.05) is 19.0 Å². The van der Waals surface area contributed by atoms with Gasteiger partial charge in [-0.3, -0.25) is 10.1 Å². The van der Waals surface area contributed by atoms with Gasteiger partial charge in [0.25, 0.3) is 0 Å². The molecule has 1 rings (SSSR count). The Hall–Kier alpha value is -0.610. The maximum Gasteiger partial charge on any atom is 0.241 e. The first-order valence-corrected chi connectivity index (χ1v) is 5.81. The van der Waals surface area contributed by atoms with Crippen molar-refractivity contribution in [2.24, 2.45) is 0 Å². The molecular weight excluding hydrogens is 190 g/mol. The topological polar surface area (TPSA) is 35.6 Å². The first kappa shape index (κ1) is 12.5. The summed E-state index contributed by atoms with van der Waals surface area (Å²) in [6.45, 7) is 5.93. The smallest absolute Gasteiger partial charge is 0.241 e. The summed E-state index contributed by atoms with van der Waals surface area (Å²) in [5.74, 6) is 0.270. The van der Waals surface area contributed by atoms with Crippen LogP contribution in [0.2, 0.25) is 0 Å². The lowest BCUT2D eigenvalue weighted by Gasteiger charge is -2.24. The van der Waals surface area contributed by atoms with Gasteiger partial charge in [-0.2, -0.15) is 0 Å². The van der Waals surface area contributed by atoms with E-state index < -0.39 is 0 Å². The van der Waals surface area contributed by atoms with Gasteiger partial charge in [-0.05, 0) is 26.9 Å². The lowest BCUT2D eigenvalue weighted by Crippen LogP contribution is -2.40. The molecule has 1 N–H and O–H groups in total. The second kappa shape index (κ2) is 5.47. The molecule has 0 spiro atoms. The molecule has 0 bridgehead atoms. The van der Waals surface area contributed by atoms with Crippen molar-refractivity contribution in [1.82, 2.24) is 15.1 Å². The van der Waals surface area contributed by atoms with Crippen LogP contribution in [-0.2, 0) is 4.79 Å². The van der Waals surface area contributed by atoms with Gasteiger partial charge in [0.05, 0.1) is 12.2 Å². The zero-order valence-electron chi connectivity index (χ0n) is 10.3. The van der Waals surface area contributed by atoms with Crippen LogP contribution < -0.4 is 5.32 Å². The number of hydrogen-bond donors (Lipinski definition) is 1. The molecule has 1 amide bonds. The Kier molecular flexibility index (Phi) is 4.54. The van der Waals surface area contributed by atoms with Crippen molar-refractivity contribution in [1.29, 1.82) is 0 Å². The van der Waals surface area contributed by atoms with Crippen molar-refractivity contribution in [2.75, 3.05) is 27.2 Å². The van der Waals surface area contributed by atoms with Crippen LogP contribution in [0.5, 0.6) is 0 Å². The maximum atomic E-state index is 12.0. The Morgan fingerprint density at radius 2 is 2.00 bits per heavy atom. The van der Waals surface area contributed by atoms with E-state index in [0.29, 0.717) is 0 Å². The summed E-state index contributed by atoms with van der Waals surface area (Å²) < 4.78 is 0. The Bertz CT molecular complexity index is 218. The average Bonchev–Trinajstić information content (AvgIpc) is 2.51. The molecule has 1 fully saturated rings. The highest BCUT2D eigenvalue weighted by atomic mass is 16.2. The van der Waals surface area contributed by atoms with Gasteiger partial charge in [-0.1, -0.05) is 13.8 Å². The second-order valence-corrected chi connectivity index (χ2v) is 4.39. The Balaban J connectivity index is 2.55. The van der Waals surface area contributed by atoms with Gasteiger partial charge in [0, 0.05) is 13.1 Å². The summed E-state index contributed by atoms with van der Waals surface area (Å²) in [4.78, 5) is 16.1. The van der Waals surface area contributed by atoms with E-state index in [0.717, 1.165) is 25.9 Å². The van der Waals surface area contributed by atoms with Gasteiger partial charge in [0.2, 0.25) is 5.91 Å². The van der Waals surface area contributed by atoms with Crippen LogP contribution in [0.3, 0.4) is 0 Å². The third-order valence-corrected chi connectivity index (χ3v) is 2.93. The third-order valence-electron chi connectivity index (χ3n) is 2.93. The van der Waals surface area contributed by atoms with Crippen LogP contribution in [0, 0.1) is 0 Å². The molecule has 4 heteroatoms. The Morgan fingerprint density at radius 3 is 2.47 bits per heavy atom. The number of carbonyl (C=O) groups excluding carboxylic acids is 1. The molecule has 0 aliphatic carbocycles. The summed E-state index contributed by atoms with van der Waals surface area (Å²) >= 11 is 0. The van der Waals surface area contributed by atoms with E-state index in [9.17, 15) is 4.79 Å². The summed E-state index contributed by atoms with van der Waals surface area (Å²) in [6.07, 6.45) is 2.10. The largest absolute Gasteiger partial charge is 0.325 e. The number of amides is 1. The highest BCUT2D eigenvalue weighted by Crippen LogP contribution is 2.14. The summed E-state index contributed by atoms with van der Waals surface area (Å²) in [5, 5.41) is 3.37. The molecule has 1 saturated heterocycles. The maximum absolute atomic E-state index is 12.0. The molecule has 1 aliphatic heterocycles. The van der Waals surface area contributed by atoms with Crippen LogP contribution in [0.25, 0.3) is 0 Å². The molecule has 2 atom stereocenters. The van der Waals surface area contributed by atoms with E-state index >= 15 is 0 Å². The molecule has 1 aliphatic rings. The fourth-order valence-corrected chi connectivity index (χ4v) is 1.95. The molecule has 2 unspecified atom stereocenters. The van der Waals surface area contributed by atoms with Crippen molar-refractivity contribution in [2.45, 2.75) is 38.9 Å². The van der Waals surface area contributed by atoms with Gasteiger partial charge < -0.3 is 9.80 Å². The molecule has 15 heavy (non-hydrogen) atoms. The SMILES string of the molecule is CCC1NC(CC)N(CCN(C)C)C1=O. The number of hydrogen-bond acceptors (Lipinski definition) is 3. The van der Waals surface area contributed by atoms with Gasteiger partial charge in [-0.25, -0.2) is 0 Å². The summed E-state index contributed by atoms with van der Waals surface area (Å²) in [5.41, 5.74) is 0. The number of nitrogens with one attached hydrogen (secondary N) is 1. The number of carbonyl (C=O) groups is 1. The molecule has 0 aromatic rings. The normalized spacial score (nSPS) is 26.7. The lowest BCUT2D eigenvalue weighted by atomic mass is 10.2. The first-order valence-electron chi connectivity index (χ1n) is 5.81. The number of nitrogens with zero attached hydrogens (tertiary/aromatic N) is 2. The number of likely N-dealkylation sites (N-methyl/N-ethyl adjacent to an activating group) is 1. The molecule has 0 radical (unpaired) electrons. The zero-order chi connectivity index (χ0) is 11.4. The van der Waals surface area contributed by atoms with Gasteiger partial charge >= 0.3 is 0 Å². The van der Waals surface area contributed by atoms with Gasteiger partial charge in [-0.15, -0.1) is 0 Å². The second-order valence-electron chi connectivity index (χ2n) is 4.39. The fraction of sp³-hybridized carbons (Fsp3) is 0.909. The van der Waals surface area contributed by atoms with Crippen molar-refractivity contribution in [3.63, 3.8) is 0 Å².